The van der Waals surface area contributed by atoms with E-state index in [9.17, 15) is 17.6 Å². The SMILES string of the molecule is [C-]#[N+]c1cnc2[nH]cc(C(=O)c3cccc(NS(=O)(=O)C4CCC4)c3F)c2c1. The third-order valence-electron chi connectivity index (χ3n) is 4.88. The van der Waals surface area contributed by atoms with Crippen LogP contribution in [0.25, 0.3) is 15.9 Å². The Morgan fingerprint density at radius 1 is 1.32 bits per heavy atom. The molecule has 1 fully saturated rings. The molecule has 0 aliphatic heterocycles. The maximum atomic E-state index is 15.0. The Labute approximate surface area is 160 Å². The molecule has 3 aromatic rings. The van der Waals surface area contributed by atoms with Gasteiger partial charge in [0, 0.05) is 23.3 Å². The van der Waals surface area contributed by atoms with Gasteiger partial charge in [-0.2, -0.15) is 0 Å². The predicted molar refractivity (Wildman–Crippen MR) is 102 cm³/mol. The fourth-order valence-corrected chi connectivity index (χ4v) is 4.68. The van der Waals surface area contributed by atoms with Crippen LogP contribution in [0.5, 0.6) is 0 Å². The van der Waals surface area contributed by atoms with E-state index in [-0.39, 0.29) is 22.5 Å². The summed E-state index contributed by atoms with van der Waals surface area (Å²) in [4.78, 5) is 23.1. The smallest absolute Gasteiger partial charge is 0.235 e. The van der Waals surface area contributed by atoms with Gasteiger partial charge in [-0.05, 0) is 31.0 Å². The monoisotopic (exact) mass is 398 g/mol. The van der Waals surface area contributed by atoms with Crippen LogP contribution in [0.2, 0.25) is 0 Å². The Morgan fingerprint density at radius 3 is 2.79 bits per heavy atom. The van der Waals surface area contributed by atoms with E-state index in [1.54, 1.807) is 0 Å². The van der Waals surface area contributed by atoms with Gasteiger partial charge in [0.25, 0.3) is 0 Å². The van der Waals surface area contributed by atoms with Gasteiger partial charge in [-0.25, -0.2) is 17.7 Å². The number of nitrogens with zero attached hydrogens (tertiary/aromatic N) is 2. The predicted octanol–water partition coefficient (Wildman–Crippen LogP) is 3.78. The molecule has 2 N–H and O–H groups in total. The van der Waals surface area contributed by atoms with Gasteiger partial charge < -0.3 is 4.98 Å². The van der Waals surface area contributed by atoms with E-state index in [2.05, 4.69) is 19.5 Å². The number of hydrogen-bond donors (Lipinski definition) is 2. The van der Waals surface area contributed by atoms with Crippen LogP contribution in [-0.2, 0) is 10.0 Å². The summed E-state index contributed by atoms with van der Waals surface area (Å²) in [5, 5.41) is -0.128. The second kappa shape index (κ2) is 6.73. The van der Waals surface area contributed by atoms with E-state index in [0.717, 1.165) is 6.42 Å². The fourth-order valence-electron chi connectivity index (χ4n) is 3.09. The average molecular weight is 398 g/mol. The third kappa shape index (κ3) is 3.01. The van der Waals surface area contributed by atoms with Gasteiger partial charge in [0.2, 0.25) is 15.7 Å². The lowest BCUT2D eigenvalue weighted by molar-refractivity contribution is 0.103. The molecule has 1 aromatic carbocycles. The van der Waals surface area contributed by atoms with Crippen LogP contribution in [-0.4, -0.2) is 29.4 Å². The minimum absolute atomic E-state index is 0.158. The summed E-state index contributed by atoms with van der Waals surface area (Å²) in [5.74, 6) is -1.56. The molecule has 0 radical (unpaired) electrons. The maximum Gasteiger partial charge on any atom is 0.235 e. The number of rotatable bonds is 5. The Balaban J connectivity index is 1.72. The van der Waals surface area contributed by atoms with Gasteiger partial charge in [-0.15, -0.1) is 0 Å². The van der Waals surface area contributed by atoms with Crippen LogP contribution >= 0.6 is 0 Å². The lowest BCUT2D eigenvalue weighted by atomic mass is 10.0. The topological polar surface area (TPSA) is 96.3 Å². The molecular weight excluding hydrogens is 383 g/mol. The highest BCUT2D eigenvalue weighted by atomic mass is 32.2. The highest BCUT2D eigenvalue weighted by molar-refractivity contribution is 7.93. The minimum Gasteiger partial charge on any atom is -0.345 e. The number of hydrogen-bond acceptors (Lipinski definition) is 4. The molecule has 0 bridgehead atoms. The summed E-state index contributed by atoms with van der Waals surface area (Å²) >= 11 is 0. The highest BCUT2D eigenvalue weighted by Gasteiger charge is 2.32. The van der Waals surface area contributed by atoms with Crippen LogP contribution in [0.4, 0.5) is 15.8 Å². The Bertz CT molecular complexity index is 1240. The Kier molecular flexibility index (Phi) is 4.35. The number of carbonyl (C=O) groups excluding carboxylic acids is 1. The zero-order valence-corrected chi connectivity index (χ0v) is 15.4. The van der Waals surface area contributed by atoms with E-state index in [4.69, 9.17) is 6.57 Å². The van der Waals surface area contributed by atoms with Crippen LogP contribution in [0, 0.1) is 12.4 Å². The molecule has 1 aliphatic carbocycles. The number of sulfonamides is 1. The van der Waals surface area contributed by atoms with Crippen LogP contribution < -0.4 is 4.72 Å². The molecular formula is C19H15FN4O3S. The van der Waals surface area contributed by atoms with Crippen LogP contribution in [0.3, 0.4) is 0 Å². The number of pyridine rings is 1. The van der Waals surface area contributed by atoms with Crippen molar-refractivity contribution in [3.05, 3.63) is 65.0 Å². The quantitative estimate of drug-likeness (QED) is 0.505. The fraction of sp³-hybridized carbons (Fsp3) is 0.211. The molecule has 0 saturated heterocycles. The number of fused-ring (bicyclic) bond motifs is 1. The number of aromatic nitrogens is 2. The molecule has 1 saturated carbocycles. The second-order valence-electron chi connectivity index (χ2n) is 6.60. The van der Waals surface area contributed by atoms with Crippen molar-refractivity contribution in [1.82, 2.24) is 9.97 Å². The van der Waals surface area contributed by atoms with Gasteiger partial charge in [0.1, 0.15) is 5.65 Å². The van der Waals surface area contributed by atoms with Gasteiger partial charge in [-0.1, -0.05) is 12.5 Å². The van der Waals surface area contributed by atoms with Crippen molar-refractivity contribution >= 4 is 38.2 Å². The van der Waals surface area contributed by atoms with E-state index >= 15 is 0 Å². The molecule has 9 heteroatoms. The molecule has 28 heavy (non-hydrogen) atoms. The first-order valence-corrected chi connectivity index (χ1v) is 10.1. The Hall–Kier alpha value is -3.25. The standard InChI is InChI=1S/C19H15FN4O3S/c1-21-11-8-14-15(10-23-19(14)22-9-11)18(25)13-6-3-7-16(17(13)20)24-28(26,27)12-4-2-5-12/h3,6-10,12,24H,2,4-5H2,(H,22,23). The summed E-state index contributed by atoms with van der Waals surface area (Å²) in [6.07, 6.45) is 4.69. The van der Waals surface area contributed by atoms with Gasteiger partial charge >= 0.3 is 0 Å². The number of benzene rings is 1. The van der Waals surface area contributed by atoms with Gasteiger partial charge in [-0.3, -0.25) is 14.5 Å². The van der Waals surface area contributed by atoms with Crippen molar-refractivity contribution in [2.24, 2.45) is 0 Å². The van der Waals surface area contributed by atoms with E-state index in [1.165, 1.54) is 36.7 Å². The summed E-state index contributed by atoms with van der Waals surface area (Å²) in [6.45, 7) is 7.08. The molecule has 2 heterocycles. The van der Waals surface area contributed by atoms with Crippen molar-refractivity contribution in [3.63, 3.8) is 0 Å². The molecule has 0 spiro atoms. The third-order valence-corrected chi connectivity index (χ3v) is 6.73. The summed E-state index contributed by atoms with van der Waals surface area (Å²) < 4.78 is 41.8. The number of carbonyl (C=O) groups is 1. The van der Waals surface area contributed by atoms with Crippen molar-refractivity contribution in [2.75, 3.05) is 4.72 Å². The van der Waals surface area contributed by atoms with Crippen molar-refractivity contribution in [2.45, 2.75) is 24.5 Å². The molecule has 142 valence electrons. The largest absolute Gasteiger partial charge is 0.345 e. The van der Waals surface area contributed by atoms with Gasteiger partial charge in [0.15, 0.2) is 11.6 Å². The lowest BCUT2D eigenvalue weighted by Gasteiger charge is -2.25. The summed E-state index contributed by atoms with van der Waals surface area (Å²) in [7, 11) is -3.69. The van der Waals surface area contributed by atoms with Crippen molar-refractivity contribution in [1.29, 1.82) is 0 Å². The van der Waals surface area contributed by atoms with E-state index in [0.29, 0.717) is 23.9 Å². The minimum atomic E-state index is -3.69. The molecule has 1 aliphatic rings. The van der Waals surface area contributed by atoms with Crippen LogP contribution in [0.15, 0.2) is 36.7 Å². The number of nitrogens with one attached hydrogen (secondary N) is 2. The zero-order valence-electron chi connectivity index (χ0n) is 14.6. The van der Waals surface area contributed by atoms with Crippen molar-refractivity contribution < 1.29 is 17.6 Å². The number of anilines is 1. The Morgan fingerprint density at radius 2 is 2.11 bits per heavy atom. The number of aromatic amines is 1. The van der Waals surface area contributed by atoms with Gasteiger partial charge in [0.05, 0.1) is 23.1 Å². The molecule has 2 aromatic heterocycles. The normalized spacial score (nSPS) is 14.4. The lowest BCUT2D eigenvalue weighted by Crippen LogP contribution is -2.33. The first-order valence-electron chi connectivity index (χ1n) is 8.60. The van der Waals surface area contributed by atoms with E-state index < -0.39 is 26.9 Å². The number of ketones is 1. The first kappa shape index (κ1) is 18.1. The molecule has 7 nitrogen and oxygen atoms in total. The molecule has 0 atom stereocenters. The summed E-state index contributed by atoms with van der Waals surface area (Å²) in [6, 6.07) is 5.51. The molecule has 0 unspecified atom stereocenters. The first-order chi connectivity index (χ1) is 13.4. The zero-order chi connectivity index (χ0) is 19.9. The number of halogens is 1. The van der Waals surface area contributed by atoms with Crippen molar-refractivity contribution in [3.8, 4) is 0 Å². The van der Waals surface area contributed by atoms with Crippen LogP contribution in [0.1, 0.15) is 35.2 Å². The molecule has 4 rings (SSSR count). The van der Waals surface area contributed by atoms with E-state index in [1.807, 2.05) is 0 Å². The second-order valence-corrected chi connectivity index (χ2v) is 8.56. The summed E-state index contributed by atoms with van der Waals surface area (Å²) in [5.41, 5.74) is 0.299. The highest BCUT2D eigenvalue weighted by Crippen LogP contribution is 2.30. The maximum absolute atomic E-state index is 15.0. The average Bonchev–Trinajstić information content (AvgIpc) is 3.03. The number of H-pyrrole nitrogens is 1. The molecule has 0 amide bonds.